The Morgan fingerprint density at radius 2 is 1.72 bits per heavy atom. The minimum atomic E-state index is -4.70. The number of rotatable bonds is 11. The van der Waals surface area contributed by atoms with E-state index in [1.807, 2.05) is 29.1 Å². The van der Waals surface area contributed by atoms with Gasteiger partial charge >= 0.3 is 11.9 Å². The lowest BCUT2D eigenvalue weighted by Crippen LogP contribution is -2.44. The summed E-state index contributed by atoms with van der Waals surface area (Å²) in [6.45, 7) is 6.60. The second-order valence-corrected chi connectivity index (χ2v) is 17.2. The first-order chi connectivity index (χ1) is 29.0. The number of piperidine rings is 2. The third kappa shape index (κ3) is 9.00. The number of amides is 3. The van der Waals surface area contributed by atoms with E-state index in [-0.39, 0.29) is 41.5 Å². The molecule has 14 nitrogen and oxygen atoms in total. The zero-order chi connectivity index (χ0) is 43.2. The number of alkyl halides is 3. The number of ether oxygens (including phenoxy) is 1. The highest BCUT2D eigenvalue weighted by atomic mass is 19.4. The number of hydrogen-bond donors (Lipinski definition) is 3. The average molecular weight is 845 g/mol. The molecule has 5 heterocycles. The van der Waals surface area contributed by atoms with Crippen molar-refractivity contribution >= 4 is 45.3 Å². The van der Waals surface area contributed by atoms with Gasteiger partial charge in [0, 0.05) is 55.9 Å². The molecule has 3 amide bonds. The maximum absolute atomic E-state index is 13.3. The van der Waals surface area contributed by atoms with Gasteiger partial charge in [-0.3, -0.25) is 33.5 Å². The van der Waals surface area contributed by atoms with Crippen LogP contribution in [0.1, 0.15) is 105 Å². The molecule has 17 heteroatoms. The van der Waals surface area contributed by atoms with E-state index in [2.05, 4.69) is 20.5 Å². The molecule has 0 spiro atoms. The summed E-state index contributed by atoms with van der Waals surface area (Å²) >= 11 is 0. The first-order valence-corrected chi connectivity index (χ1v) is 21.0. The number of benzene rings is 2. The third-order valence-corrected chi connectivity index (χ3v) is 12.5. The topological polar surface area (TPSA) is 166 Å². The number of aryl methyl sites for hydroxylation is 1. The van der Waals surface area contributed by atoms with Crippen LogP contribution < -0.4 is 16.3 Å². The lowest BCUT2D eigenvalue weighted by atomic mass is 9.85. The third-order valence-electron chi connectivity index (χ3n) is 12.5. The molecule has 2 aromatic carbocycles. The van der Waals surface area contributed by atoms with E-state index in [0.29, 0.717) is 42.0 Å². The summed E-state index contributed by atoms with van der Waals surface area (Å²) in [7, 11) is 1.71. The second kappa shape index (κ2) is 16.8. The van der Waals surface area contributed by atoms with Crippen LogP contribution in [0, 0.1) is 5.92 Å². The SMILES string of the molecule is Cn1c(=O)n(C2CCC(=O)NC2=O)c2cccc(CCOC3CCN(CC4CCC(n5cc6cc(NC(=O)c7cccc(C(F)(F)F)n7)c(C(C)(C)O)cc6n5)CC4)CC3)c21. The number of halogens is 3. The lowest BCUT2D eigenvalue weighted by Gasteiger charge is -2.36. The number of nitrogens with zero attached hydrogens (tertiary/aromatic N) is 6. The molecular weight excluding hydrogens is 794 g/mol. The van der Waals surface area contributed by atoms with Crippen molar-refractivity contribution in [2.24, 2.45) is 13.0 Å². The molecule has 324 valence electrons. The quantitative estimate of drug-likeness (QED) is 0.135. The van der Waals surface area contributed by atoms with E-state index in [9.17, 15) is 37.5 Å². The molecular formula is C44H51F3N8O6. The standard InChI is InChI=1S/C44H51F3N8O6/c1-43(2,60)31-23-33-28(22-34(31)49-40(57)32-7-5-9-37(48-32)44(45,46)47)25-54(51-33)29-12-10-26(11-13-29)24-53-19-16-30(17-20-53)61-21-18-27-6-4-8-35-39(27)52(3)42(59)55(35)36-14-15-38(56)50-41(36)58/h4-9,22-23,25-26,29-30,36,60H,10-21,24H2,1-3H3,(H,49,57)(H,50,56,58). The monoisotopic (exact) mass is 844 g/mol. The first kappa shape index (κ1) is 42.3. The van der Waals surface area contributed by atoms with Crippen LogP contribution in [0.5, 0.6) is 0 Å². The molecule has 1 unspecified atom stereocenters. The summed E-state index contributed by atoms with van der Waals surface area (Å²) in [5.41, 5.74) is 0.509. The summed E-state index contributed by atoms with van der Waals surface area (Å²) in [5.74, 6) is -1.03. The zero-order valence-corrected chi connectivity index (χ0v) is 34.5. The molecule has 3 N–H and O–H groups in total. The number of imide groups is 1. The van der Waals surface area contributed by atoms with Gasteiger partial charge in [-0.25, -0.2) is 9.78 Å². The van der Waals surface area contributed by atoms with Gasteiger partial charge in [0.05, 0.1) is 40.9 Å². The summed E-state index contributed by atoms with van der Waals surface area (Å²) in [4.78, 5) is 56.7. The fourth-order valence-corrected chi connectivity index (χ4v) is 9.30. The number of likely N-dealkylation sites (tertiary alicyclic amines) is 1. The van der Waals surface area contributed by atoms with E-state index in [4.69, 9.17) is 9.84 Å². The molecule has 1 saturated carbocycles. The summed E-state index contributed by atoms with van der Waals surface area (Å²) in [6, 6.07) is 11.8. The smallest absolute Gasteiger partial charge is 0.386 e. The van der Waals surface area contributed by atoms with Crippen LogP contribution >= 0.6 is 0 Å². The first-order valence-electron chi connectivity index (χ1n) is 21.0. The molecule has 2 aliphatic heterocycles. The molecule has 1 atom stereocenters. The Bertz CT molecular complexity index is 2520. The highest BCUT2D eigenvalue weighted by molar-refractivity contribution is 6.04. The highest BCUT2D eigenvalue weighted by Gasteiger charge is 2.34. The minimum Gasteiger partial charge on any atom is -0.386 e. The van der Waals surface area contributed by atoms with Gasteiger partial charge in [-0.05, 0) is 107 Å². The Hall–Kier alpha value is -5.39. The van der Waals surface area contributed by atoms with E-state index in [0.717, 1.165) is 86.8 Å². The number of fused-ring (bicyclic) bond motifs is 2. The van der Waals surface area contributed by atoms with E-state index >= 15 is 0 Å². The number of imidazole rings is 1. The molecule has 1 aliphatic carbocycles. The van der Waals surface area contributed by atoms with E-state index in [1.165, 1.54) is 10.6 Å². The van der Waals surface area contributed by atoms with Gasteiger partial charge in [-0.1, -0.05) is 18.2 Å². The largest absolute Gasteiger partial charge is 0.433 e. The van der Waals surface area contributed by atoms with Crippen LogP contribution in [0.3, 0.4) is 0 Å². The summed E-state index contributed by atoms with van der Waals surface area (Å²) in [5, 5.41) is 21.6. The van der Waals surface area contributed by atoms with Gasteiger partial charge in [0.15, 0.2) is 0 Å². The van der Waals surface area contributed by atoms with Crippen LogP contribution in [0.15, 0.2) is 59.5 Å². The van der Waals surface area contributed by atoms with Crippen molar-refractivity contribution in [1.29, 1.82) is 0 Å². The Balaban J connectivity index is 0.824. The predicted molar refractivity (Wildman–Crippen MR) is 221 cm³/mol. The van der Waals surface area contributed by atoms with Crippen LogP contribution in [0.4, 0.5) is 18.9 Å². The Labute approximate surface area is 350 Å². The van der Waals surface area contributed by atoms with Crippen molar-refractivity contribution in [3.8, 4) is 0 Å². The van der Waals surface area contributed by atoms with Crippen molar-refractivity contribution in [2.75, 3.05) is 31.6 Å². The van der Waals surface area contributed by atoms with Crippen molar-refractivity contribution in [3.63, 3.8) is 0 Å². The fourth-order valence-electron chi connectivity index (χ4n) is 9.30. The van der Waals surface area contributed by atoms with Crippen molar-refractivity contribution in [2.45, 2.75) is 102 Å². The Morgan fingerprint density at radius 1 is 0.984 bits per heavy atom. The molecule has 61 heavy (non-hydrogen) atoms. The number of carbonyl (C=O) groups excluding carboxylic acids is 3. The maximum Gasteiger partial charge on any atom is 0.433 e. The Morgan fingerprint density at radius 3 is 2.43 bits per heavy atom. The van der Waals surface area contributed by atoms with Gasteiger partial charge in [0.2, 0.25) is 11.8 Å². The number of nitrogens with one attached hydrogen (secondary N) is 2. The van der Waals surface area contributed by atoms with E-state index in [1.54, 1.807) is 37.6 Å². The molecule has 5 aromatic rings. The molecule has 0 bridgehead atoms. The maximum atomic E-state index is 13.3. The molecule has 3 aliphatic rings. The predicted octanol–water partition coefficient (Wildman–Crippen LogP) is 6.02. The van der Waals surface area contributed by atoms with Crippen LogP contribution in [-0.4, -0.2) is 84.0 Å². The number of carbonyl (C=O) groups is 3. The molecule has 8 rings (SSSR count). The normalized spacial score (nSPS) is 21.0. The second-order valence-electron chi connectivity index (χ2n) is 17.2. The van der Waals surface area contributed by atoms with Crippen LogP contribution in [0.2, 0.25) is 0 Å². The number of pyridine rings is 1. The highest BCUT2D eigenvalue weighted by Crippen LogP contribution is 2.37. The molecule has 3 fully saturated rings. The van der Waals surface area contributed by atoms with Crippen molar-refractivity contribution in [1.82, 2.24) is 34.1 Å². The van der Waals surface area contributed by atoms with Crippen LogP contribution in [-0.2, 0) is 39.6 Å². The number of para-hydroxylation sites is 1. The molecule has 0 radical (unpaired) electrons. The Kier molecular flexibility index (Phi) is 11.7. The van der Waals surface area contributed by atoms with Crippen molar-refractivity contribution < 1.29 is 37.4 Å². The summed E-state index contributed by atoms with van der Waals surface area (Å²) in [6.07, 6.45) is 4.39. The van der Waals surface area contributed by atoms with Gasteiger partial charge in [0.25, 0.3) is 5.91 Å². The van der Waals surface area contributed by atoms with E-state index < -0.39 is 35.3 Å². The molecule has 2 saturated heterocycles. The number of anilines is 1. The summed E-state index contributed by atoms with van der Waals surface area (Å²) < 4.78 is 51.2. The minimum absolute atomic E-state index is 0.153. The van der Waals surface area contributed by atoms with Gasteiger partial charge in [-0.2, -0.15) is 18.3 Å². The van der Waals surface area contributed by atoms with Gasteiger partial charge < -0.3 is 20.1 Å². The van der Waals surface area contributed by atoms with Gasteiger partial charge in [0.1, 0.15) is 17.4 Å². The fraction of sp³-hybridized carbons (Fsp3) is 0.500. The average Bonchev–Trinajstić information content (AvgIpc) is 3.75. The van der Waals surface area contributed by atoms with Crippen molar-refractivity contribution in [3.05, 3.63) is 87.7 Å². The number of aromatic nitrogens is 5. The molecule has 3 aromatic heterocycles. The van der Waals surface area contributed by atoms with Crippen LogP contribution in [0.25, 0.3) is 21.9 Å². The number of hydrogen-bond acceptors (Lipinski definition) is 9. The zero-order valence-electron chi connectivity index (χ0n) is 34.5. The lowest BCUT2D eigenvalue weighted by molar-refractivity contribution is -0.141. The number of aliphatic hydroxyl groups is 1. The van der Waals surface area contributed by atoms with Gasteiger partial charge in [-0.15, -0.1) is 0 Å².